The standard InChI is InChI=1S/C16H17FN2O2S/c1-10-8-19(9-11(2)21-10)16-18-15(20)14(22-16)7-12-3-5-13(17)6-4-12/h3-7,10-11H,8-9H2,1-2H3/b14-7+/t10-,11-/m0/s1. The molecule has 4 nitrogen and oxygen atoms in total. The Morgan fingerprint density at radius 2 is 1.91 bits per heavy atom. The molecule has 0 unspecified atom stereocenters. The molecule has 0 N–H and O–H groups in total. The van der Waals surface area contributed by atoms with Crippen LogP contribution < -0.4 is 0 Å². The molecule has 6 heteroatoms. The molecule has 2 heterocycles. The number of rotatable bonds is 1. The van der Waals surface area contributed by atoms with Crippen molar-refractivity contribution in [2.45, 2.75) is 26.1 Å². The lowest BCUT2D eigenvalue weighted by atomic mass is 10.2. The van der Waals surface area contributed by atoms with E-state index in [0.717, 1.165) is 23.8 Å². The number of hydrogen-bond acceptors (Lipinski definition) is 4. The number of morpholine rings is 1. The van der Waals surface area contributed by atoms with Crippen molar-refractivity contribution >= 4 is 28.9 Å². The van der Waals surface area contributed by atoms with Crippen LogP contribution in [0, 0.1) is 5.82 Å². The van der Waals surface area contributed by atoms with Crippen molar-refractivity contribution in [3.8, 4) is 0 Å². The third-order valence-corrected chi connectivity index (χ3v) is 4.51. The van der Waals surface area contributed by atoms with Crippen LogP contribution >= 0.6 is 11.8 Å². The van der Waals surface area contributed by atoms with Gasteiger partial charge in [0.2, 0.25) is 0 Å². The maximum absolute atomic E-state index is 12.9. The maximum atomic E-state index is 12.9. The van der Waals surface area contributed by atoms with Gasteiger partial charge in [-0.15, -0.1) is 0 Å². The minimum atomic E-state index is -0.291. The van der Waals surface area contributed by atoms with E-state index in [1.165, 1.54) is 23.9 Å². The summed E-state index contributed by atoms with van der Waals surface area (Å²) in [6.45, 7) is 5.49. The van der Waals surface area contributed by atoms with Crippen molar-refractivity contribution in [1.82, 2.24) is 4.90 Å². The van der Waals surface area contributed by atoms with Crippen LogP contribution in [-0.2, 0) is 9.53 Å². The van der Waals surface area contributed by atoms with E-state index in [4.69, 9.17) is 4.74 Å². The first-order valence-corrected chi connectivity index (χ1v) is 8.01. The lowest BCUT2D eigenvalue weighted by molar-refractivity contribution is -0.113. The summed E-state index contributed by atoms with van der Waals surface area (Å²) in [5.74, 6) is -0.531. The van der Waals surface area contributed by atoms with Gasteiger partial charge < -0.3 is 9.64 Å². The van der Waals surface area contributed by atoms with E-state index in [9.17, 15) is 9.18 Å². The second kappa shape index (κ2) is 6.22. The Hall–Kier alpha value is -1.66. The summed E-state index contributed by atoms with van der Waals surface area (Å²) in [6, 6.07) is 6.05. The van der Waals surface area contributed by atoms with Crippen molar-refractivity contribution in [3.63, 3.8) is 0 Å². The summed E-state index contributed by atoms with van der Waals surface area (Å²) < 4.78 is 18.6. The van der Waals surface area contributed by atoms with Gasteiger partial charge in [0.15, 0.2) is 5.17 Å². The molecule has 1 amide bonds. The Morgan fingerprint density at radius 3 is 2.55 bits per heavy atom. The fraction of sp³-hybridized carbons (Fsp3) is 0.375. The highest BCUT2D eigenvalue weighted by atomic mass is 32.2. The molecule has 0 aliphatic carbocycles. The van der Waals surface area contributed by atoms with Crippen LogP contribution in [0.1, 0.15) is 19.4 Å². The average Bonchev–Trinajstić information content (AvgIpc) is 2.82. The molecule has 1 aromatic carbocycles. The Kier molecular flexibility index (Phi) is 4.31. The normalized spacial score (nSPS) is 27.4. The summed E-state index contributed by atoms with van der Waals surface area (Å²) >= 11 is 1.37. The number of halogens is 1. The molecule has 2 aliphatic heterocycles. The summed E-state index contributed by atoms with van der Waals surface area (Å²) in [6.07, 6.45) is 1.98. The van der Waals surface area contributed by atoms with Gasteiger partial charge in [-0.25, -0.2) is 4.39 Å². The van der Waals surface area contributed by atoms with Gasteiger partial charge in [-0.3, -0.25) is 4.79 Å². The van der Waals surface area contributed by atoms with E-state index in [0.29, 0.717) is 4.91 Å². The predicted molar refractivity (Wildman–Crippen MR) is 86.0 cm³/mol. The van der Waals surface area contributed by atoms with Gasteiger partial charge >= 0.3 is 0 Å². The average molecular weight is 320 g/mol. The van der Waals surface area contributed by atoms with Crippen molar-refractivity contribution in [3.05, 3.63) is 40.6 Å². The minimum Gasteiger partial charge on any atom is -0.372 e. The zero-order valence-corrected chi connectivity index (χ0v) is 13.3. The van der Waals surface area contributed by atoms with E-state index in [2.05, 4.69) is 9.89 Å². The third-order valence-electron chi connectivity index (χ3n) is 3.47. The molecule has 116 valence electrons. The smallest absolute Gasteiger partial charge is 0.286 e. The number of carbonyl (C=O) groups is 1. The van der Waals surface area contributed by atoms with Gasteiger partial charge in [0, 0.05) is 13.1 Å². The van der Waals surface area contributed by atoms with E-state index in [1.807, 2.05) is 13.8 Å². The molecule has 3 rings (SSSR count). The van der Waals surface area contributed by atoms with Gasteiger partial charge in [0.1, 0.15) is 5.82 Å². The first-order valence-electron chi connectivity index (χ1n) is 7.20. The highest BCUT2D eigenvalue weighted by Gasteiger charge is 2.30. The first kappa shape index (κ1) is 15.2. The predicted octanol–water partition coefficient (Wildman–Crippen LogP) is 2.91. The van der Waals surface area contributed by atoms with E-state index >= 15 is 0 Å². The lowest BCUT2D eigenvalue weighted by Crippen LogP contribution is -2.47. The summed E-state index contributed by atoms with van der Waals surface area (Å²) in [4.78, 5) is 18.9. The maximum Gasteiger partial charge on any atom is 0.286 e. The van der Waals surface area contributed by atoms with Gasteiger partial charge in [-0.05, 0) is 49.4 Å². The zero-order valence-electron chi connectivity index (χ0n) is 12.5. The van der Waals surface area contributed by atoms with E-state index in [-0.39, 0.29) is 23.9 Å². The minimum absolute atomic E-state index is 0.118. The zero-order chi connectivity index (χ0) is 15.7. The lowest BCUT2D eigenvalue weighted by Gasteiger charge is -2.35. The van der Waals surface area contributed by atoms with Gasteiger partial charge in [-0.2, -0.15) is 4.99 Å². The van der Waals surface area contributed by atoms with Crippen LogP contribution in [0.25, 0.3) is 6.08 Å². The van der Waals surface area contributed by atoms with Crippen LogP contribution in [0.3, 0.4) is 0 Å². The molecule has 0 spiro atoms. The SMILES string of the molecule is C[C@H]1CN(C2=NC(=O)/C(=C\c3ccc(F)cc3)S2)C[C@H](C)O1. The second-order valence-corrected chi connectivity index (χ2v) is 6.53. The van der Waals surface area contributed by atoms with Crippen LogP contribution in [0.2, 0.25) is 0 Å². The molecular weight excluding hydrogens is 303 g/mol. The number of nitrogens with zero attached hydrogens (tertiary/aromatic N) is 2. The van der Waals surface area contributed by atoms with Crippen molar-refractivity contribution in [2.24, 2.45) is 4.99 Å². The van der Waals surface area contributed by atoms with Crippen molar-refractivity contribution < 1.29 is 13.9 Å². The van der Waals surface area contributed by atoms with Crippen LogP contribution in [0.5, 0.6) is 0 Å². The summed E-state index contributed by atoms with van der Waals surface area (Å²) in [5, 5.41) is 0.723. The molecule has 1 fully saturated rings. The Bertz CT molecular complexity index is 632. The molecule has 22 heavy (non-hydrogen) atoms. The van der Waals surface area contributed by atoms with Gasteiger partial charge in [0.05, 0.1) is 17.1 Å². The molecule has 1 aromatic rings. The quantitative estimate of drug-likeness (QED) is 0.746. The van der Waals surface area contributed by atoms with Crippen molar-refractivity contribution in [1.29, 1.82) is 0 Å². The van der Waals surface area contributed by atoms with Crippen LogP contribution in [0.15, 0.2) is 34.2 Å². The molecule has 0 bridgehead atoms. The monoisotopic (exact) mass is 320 g/mol. The number of ether oxygens (including phenoxy) is 1. The Balaban J connectivity index is 1.74. The molecule has 0 aromatic heterocycles. The molecule has 0 saturated carbocycles. The molecular formula is C16H17FN2O2S. The second-order valence-electron chi connectivity index (χ2n) is 5.52. The number of amides is 1. The van der Waals surface area contributed by atoms with Gasteiger partial charge in [0.25, 0.3) is 5.91 Å². The molecule has 0 radical (unpaired) electrons. The summed E-state index contributed by atoms with van der Waals surface area (Å²) in [7, 11) is 0. The number of amidine groups is 1. The number of carbonyl (C=O) groups excluding carboxylic acids is 1. The topological polar surface area (TPSA) is 41.9 Å². The highest BCUT2D eigenvalue weighted by Crippen LogP contribution is 2.31. The van der Waals surface area contributed by atoms with Gasteiger partial charge in [-0.1, -0.05) is 12.1 Å². The van der Waals surface area contributed by atoms with Crippen LogP contribution in [0.4, 0.5) is 4.39 Å². The number of hydrogen-bond donors (Lipinski definition) is 0. The molecule has 1 saturated heterocycles. The number of benzene rings is 1. The first-order chi connectivity index (χ1) is 10.5. The highest BCUT2D eigenvalue weighted by molar-refractivity contribution is 8.18. The number of thioether (sulfide) groups is 1. The fourth-order valence-electron chi connectivity index (χ4n) is 2.58. The third kappa shape index (κ3) is 3.39. The largest absolute Gasteiger partial charge is 0.372 e. The van der Waals surface area contributed by atoms with Crippen molar-refractivity contribution in [2.75, 3.05) is 13.1 Å². The molecule has 2 aliphatic rings. The fourth-order valence-corrected chi connectivity index (χ4v) is 3.51. The summed E-state index contributed by atoms with van der Waals surface area (Å²) in [5.41, 5.74) is 0.789. The molecule has 2 atom stereocenters. The Morgan fingerprint density at radius 1 is 1.27 bits per heavy atom. The number of aliphatic imine (C=N–C) groups is 1. The van der Waals surface area contributed by atoms with Crippen LogP contribution in [-0.4, -0.2) is 41.3 Å². The van der Waals surface area contributed by atoms with E-state index in [1.54, 1.807) is 18.2 Å². The Labute approximate surface area is 133 Å². The van der Waals surface area contributed by atoms with E-state index < -0.39 is 0 Å².